The maximum Gasteiger partial charge on any atom is 0.284 e. The van der Waals surface area contributed by atoms with Gasteiger partial charge >= 0.3 is 0 Å². The number of carbonyl (C=O) groups is 1. The Hall–Kier alpha value is -1.01. The summed E-state index contributed by atoms with van der Waals surface area (Å²) in [7, 11) is 0. The fourth-order valence-corrected chi connectivity index (χ4v) is 1.07. The Morgan fingerprint density at radius 1 is 1.57 bits per heavy atom. The molecular weight excluding hydrogens is 248 g/mol. The molecule has 1 heterocycles. The molecule has 2 N–H and O–H groups in total. The molecule has 0 aliphatic rings. The Morgan fingerprint density at radius 3 is 2.86 bits per heavy atom. The van der Waals surface area contributed by atoms with E-state index in [4.69, 9.17) is 0 Å². The summed E-state index contributed by atoms with van der Waals surface area (Å²) in [5.74, 6) is 0.568. The predicted molar refractivity (Wildman–Crippen MR) is 55.6 cm³/mol. The molecule has 1 rings (SSSR count). The molecule has 0 aromatic carbocycles. The van der Waals surface area contributed by atoms with Gasteiger partial charge in [0.05, 0.1) is 0 Å². The molecule has 6 heteroatoms. The first-order valence-corrected chi connectivity index (χ1v) is 4.93. The van der Waals surface area contributed by atoms with Crippen LogP contribution in [0.5, 0.6) is 0 Å². The molecule has 0 spiro atoms. The molecule has 0 radical (unpaired) electrons. The van der Waals surface area contributed by atoms with Crippen LogP contribution in [0.3, 0.4) is 0 Å². The van der Waals surface area contributed by atoms with Crippen molar-refractivity contribution in [1.29, 1.82) is 0 Å². The van der Waals surface area contributed by atoms with Crippen LogP contribution in [0.4, 0.5) is 0 Å². The molecule has 5 nitrogen and oxygen atoms in total. The summed E-state index contributed by atoms with van der Waals surface area (Å²) < 4.78 is 2.37. The van der Waals surface area contributed by atoms with Gasteiger partial charge in [-0.25, -0.2) is 9.97 Å². The summed E-state index contributed by atoms with van der Waals surface area (Å²) in [5, 5.41) is 0. The van der Waals surface area contributed by atoms with E-state index >= 15 is 0 Å². The quantitative estimate of drug-likeness (QED) is 0.631. The number of halogens is 1. The lowest BCUT2D eigenvalue weighted by atomic mass is 10.2. The first-order chi connectivity index (χ1) is 6.65. The van der Waals surface area contributed by atoms with Crippen molar-refractivity contribution in [3.8, 4) is 0 Å². The SMILES string of the molecule is CC(C)c1nccc(C(=O)NNBr)n1. The van der Waals surface area contributed by atoms with Crippen LogP contribution >= 0.6 is 16.1 Å². The Labute approximate surface area is 90.6 Å². The number of nitrogens with zero attached hydrogens (tertiary/aromatic N) is 2. The second-order valence-corrected chi connectivity index (χ2v) is 3.40. The van der Waals surface area contributed by atoms with Crippen molar-refractivity contribution in [2.24, 2.45) is 0 Å². The maximum atomic E-state index is 11.3. The standard InChI is InChI=1S/C8H11BrN4O/c1-5(2)7-10-4-3-6(11-7)8(14)12-13-9/h3-5,13H,1-2H3,(H,12,14). The molecule has 0 saturated carbocycles. The average molecular weight is 259 g/mol. The first-order valence-electron chi connectivity index (χ1n) is 4.14. The van der Waals surface area contributed by atoms with Crippen molar-refractivity contribution in [3.05, 3.63) is 23.8 Å². The summed E-state index contributed by atoms with van der Waals surface area (Å²) in [6.45, 7) is 3.94. The zero-order valence-electron chi connectivity index (χ0n) is 7.91. The minimum absolute atomic E-state index is 0.208. The van der Waals surface area contributed by atoms with Gasteiger partial charge < -0.3 is 0 Å². The number of hydrogen-bond acceptors (Lipinski definition) is 4. The topological polar surface area (TPSA) is 66.9 Å². The molecule has 0 saturated heterocycles. The van der Waals surface area contributed by atoms with Crippen LogP contribution in [0.2, 0.25) is 0 Å². The number of hydrogen-bond donors (Lipinski definition) is 2. The van der Waals surface area contributed by atoms with E-state index in [2.05, 4.69) is 36.0 Å². The lowest BCUT2D eigenvalue weighted by molar-refractivity contribution is 0.0942. The van der Waals surface area contributed by atoms with Gasteiger partial charge in [-0.3, -0.25) is 10.2 Å². The first kappa shape index (κ1) is 11.1. The zero-order valence-corrected chi connectivity index (χ0v) is 9.50. The Bertz CT molecular complexity index is 329. The summed E-state index contributed by atoms with van der Waals surface area (Å²) >= 11 is 2.87. The van der Waals surface area contributed by atoms with Gasteiger partial charge in [0.1, 0.15) is 11.5 Å². The third-order valence-corrected chi connectivity index (χ3v) is 1.78. The van der Waals surface area contributed by atoms with E-state index in [1.807, 2.05) is 13.8 Å². The minimum Gasteiger partial charge on any atom is -0.276 e. The van der Waals surface area contributed by atoms with Crippen molar-refractivity contribution >= 4 is 22.1 Å². The average Bonchev–Trinajstić information content (AvgIpc) is 2.18. The van der Waals surface area contributed by atoms with Gasteiger partial charge in [0.25, 0.3) is 5.91 Å². The minimum atomic E-state index is -0.300. The highest BCUT2D eigenvalue weighted by Gasteiger charge is 2.09. The second kappa shape index (κ2) is 5.02. The zero-order chi connectivity index (χ0) is 10.6. The van der Waals surface area contributed by atoms with Crippen LogP contribution in [0.25, 0.3) is 0 Å². The molecule has 1 aromatic heterocycles. The van der Waals surface area contributed by atoms with Crippen molar-refractivity contribution in [2.45, 2.75) is 19.8 Å². The van der Waals surface area contributed by atoms with Gasteiger partial charge in [0.15, 0.2) is 0 Å². The van der Waals surface area contributed by atoms with E-state index in [1.54, 1.807) is 12.3 Å². The molecule has 0 aliphatic carbocycles. The number of aromatic nitrogens is 2. The van der Waals surface area contributed by atoms with Gasteiger partial charge in [-0.2, -0.15) is 4.45 Å². The van der Waals surface area contributed by atoms with Crippen LogP contribution in [-0.4, -0.2) is 15.9 Å². The van der Waals surface area contributed by atoms with Crippen molar-refractivity contribution in [2.75, 3.05) is 0 Å². The maximum absolute atomic E-state index is 11.3. The van der Waals surface area contributed by atoms with Gasteiger partial charge in [-0.15, -0.1) is 0 Å². The van der Waals surface area contributed by atoms with Gasteiger partial charge in [-0.1, -0.05) is 13.8 Å². The lowest BCUT2D eigenvalue weighted by Gasteiger charge is -2.05. The van der Waals surface area contributed by atoms with E-state index in [0.29, 0.717) is 11.5 Å². The summed E-state index contributed by atoms with van der Waals surface area (Å²) in [6.07, 6.45) is 1.57. The van der Waals surface area contributed by atoms with Gasteiger partial charge in [-0.05, 0) is 6.07 Å². The summed E-state index contributed by atoms with van der Waals surface area (Å²) in [6, 6.07) is 1.56. The van der Waals surface area contributed by atoms with E-state index in [-0.39, 0.29) is 11.8 Å². The molecule has 1 aromatic rings. The van der Waals surface area contributed by atoms with E-state index < -0.39 is 0 Å². The Morgan fingerprint density at radius 2 is 2.29 bits per heavy atom. The largest absolute Gasteiger partial charge is 0.284 e. The van der Waals surface area contributed by atoms with Gasteiger partial charge in [0.2, 0.25) is 0 Å². The van der Waals surface area contributed by atoms with E-state index in [1.165, 1.54) is 0 Å². The second-order valence-electron chi connectivity index (χ2n) is 3.00. The normalized spacial score (nSPS) is 10.3. The van der Waals surface area contributed by atoms with Crippen molar-refractivity contribution < 1.29 is 4.79 Å². The highest BCUT2D eigenvalue weighted by atomic mass is 79.9. The molecular formula is C8H11BrN4O. The molecule has 0 atom stereocenters. The van der Waals surface area contributed by atoms with Crippen LogP contribution in [0.15, 0.2) is 12.3 Å². The molecule has 0 fully saturated rings. The highest BCUT2D eigenvalue weighted by Crippen LogP contribution is 2.07. The summed E-state index contributed by atoms with van der Waals surface area (Å²) in [5.41, 5.74) is 2.71. The lowest BCUT2D eigenvalue weighted by Crippen LogP contribution is -2.31. The number of nitrogens with one attached hydrogen (secondary N) is 2. The monoisotopic (exact) mass is 258 g/mol. The van der Waals surface area contributed by atoms with Crippen molar-refractivity contribution in [1.82, 2.24) is 19.8 Å². The highest BCUT2D eigenvalue weighted by molar-refractivity contribution is 9.08. The molecule has 1 amide bonds. The van der Waals surface area contributed by atoms with Crippen LogP contribution in [-0.2, 0) is 0 Å². The van der Waals surface area contributed by atoms with Crippen molar-refractivity contribution in [3.63, 3.8) is 0 Å². The Balaban J connectivity index is 2.88. The van der Waals surface area contributed by atoms with Crippen LogP contribution < -0.4 is 9.88 Å². The van der Waals surface area contributed by atoms with E-state index in [0.717, 1.165) is 0 Å². The predicted octanol–water partition coefficient (Wildman–Crippen LogP) is 1.14. The van der Waals surface area contributed by atoms with E-state index in [9.17, 15) is 4.79 Å². The smallest absolute Gasteiger partial charge is 0.276 e. The number of carbonyl (C=O) groups excluding carboxylic acids is 1. The van der Waals surface area contributed by atoms with Crippen LogP contribution in [0, 0.1) is 0 Å². The summed E-state index contributed by atoms with van der Waals surface area (Å²) in [4.78, 5) is 19.5. The number of hydrazine groups is 1. The van der Waals surface area contributed by atoms with Crippen LogP contribution in [0.1, 0.15) is 36.1 Å². The molecule has 0 bridgehead atoms. The van der Waals surface area contributed by atoms with Gasteiger partial charge in [0, 0.05) is 28.3 Å². The molecule has 0 aliphatic heterocycles. The molecule has 14 heavy (non-hydrogen) atoms. The third-order valence-electron chi connectivity index (χ3n) is 1.58. The fraction of sp³-hybridized carbons (Fsp3) is 0.375. The number of amides is 1. The fourth-order valence-electron chi connectivity index (χ4n) is 0.885. The molecule has 0 unspecified atom stereocenters. The molecule has 76 valence electrons. The third kappa shape index (κ3) is 2.74. The number of rotatable bonds is 3. The Kier molecular flexibility index (Phi) is 3.97.